The van der Waals surface area contributed by atoms with Crippen molar-refractivity contribution in [3.8, 4) is 0 Å². The second-order valence-electron chi connectivity index (χ2n) is 13.4. The SMILES string of the molecule is O=C(OP(c1ccccc1)(c1ccccc1)(c1ccccc1)C1CC1)C(=O)OP(c1ccccc1)(c1ccccc1)(c1ccccc1)C1CC1. The van der Waals surface area contributed by atoms with Gasteiger partial charge in [0.25, 0.3) is 0 Å². The number of hydrogen-bond acceptors (Lipinski definition) is 4. The Morgan fingerprint density at radius 3 is 0.680 bits per heavy atom. The third kappa shape index (κ3) is 4.59. The molecule has 2 fully saturated rings. The maximum atomic E-state index is 15.1. The van der Waals surface area contributed by atoms with Gasteiger partial charge in [-0.15, -0.1) is 0 Å². The van der Waals surface area contributed by atoms with Gasteiger partial charge in [0.05, 0.1) is 0 Å². The summed E-state index contributed by atoms with van der Waals surface area (Å²) in [4.78, 5) is 30.3. The van der Waals surface area contributed by atoms with E-state index < -0.39 is 25.6 Å². The normalized spacial score (nSPS) is 16.2. The molecule has 8 rings (SSSR count). The molecule has 0 aliphatic heterocycles. The third-order valence-electron chi connectivity index (χ3n) is 10.8. The quantitative estimate of drug-likeness (QED) is 0.112. The summed E-state index contributed by atoms with van der Waals surface area (Å²) in [6.07, 6.45) is 3.49. The first-order chi connectivity index (χ1) is 24.5. The summed E-state index contributed by atoms with van der Waals surface area (Å²) in [6, 6.07) is 60.6. The molecule has 6 aromatic rings. The number of carbonyl (C=O) groups is 2. The Morgan fingerprint density at radius 2 is 0.520 bits per heavy atom. The monoisotopic (exact) mass is 694 g/mol. The Labute approximate surface area is 294 Å². The first kappa shape index (κ1) is 32.3. The van der Waals surface area contributed by atoms with Crippen LogP contribution in [0.2, 0.25) is 0 Å². The van der Waals surface area contributed by atoms with Crippen LogP contribution in [0.4, 0.5) is 0 Å². The van der Waals surface area contributed by atoms with Crippen molar-refractivity contribution in [2.75, 3.05) is 0 Å². The van der Waals surface area contributed by atoms with Crippen LogP contribution < -0.4 is 31.8 Å². The van der Waals surface area contributed by atoms with Gasteiger partial charge >= 0.3 is 295 Å². The Bertz CT molecular complexity index is 1760. The average molecular weight is 695 g/mol. The third-order valence-corrected chi connectivity index (χ3v) is 23.7. The van der Waals surface area contributed by atoms with Gasteiger partial charge in [-0.05, 0) is 0 Å². The van der Waals surface area contributed by atoms with Crippen molar-refractivity contribution >= 4 is 57.4 Å². The molecule has 0 atom stereocenters. The topological polar surface area (TPSA) is 52.6 Å². The molecule has 0 N–H and O–H groups in total. The molecule has 0 spiro atoms. The Kier molecular flexibility index (Phi) is 8.06. The minimum absolute atomic E-state index is 0.0148. The number of benzene rings is 6. The molecule has 0 bridgehead atoms. The fourth-order valence-electron chi connectivity index (χ4n) is 8.52. The zero-order valence-corrected chi connectivity index (χ0v) is 29.6. The average Bonchev–Trinajstić information content (AvgIpc) is 4.13. The van der Waals surface area contributed by atoms with Gasteiger partial charge in [-0.1, -0.05) is 0 Å². The first-order valence-corrected chi connectivity index (χ1v) is 21.8. The van der Waals surface area contributed by atoms with Crippen LogP contribution in [0.15, 0.2) is 182 Å². The van der Waals surface area contributed by atoms with Gasteiger partial charge < -0.3 is 0 Å². The van der Waals surface area contributed by atoms with E-state index in [1.165, 1.54) is 0 Å². The molecule has 50 heavy (non-hydrogen) atoms. The Hall–Kier alpha value is -4.88. The van der Waals surface area contributed by atoms with Crippen LogP contribution in [0, 0.1) is 0 Å². The van der Waals surface area contributed by atoms with E-state index in [-0.39, 0.29) is 11.3 Å². The summed E-state index contributed by atoms with van der Waals surface area (Å²) in [7, 11) is 0. The van der Waals surface area contributed by atoms with E-state index in [1.807, 2.05) is 109 Å². The molecule has 6 heteroatoms. The standard InChI is InChI=1S/C44H40O4P2/c45-43(47-49(41-31-32-41,35-19-7-1-8-20-35,36-21-9-2-10-22-36)37-23-11-3-12-24-37)44(46)48-50(42-33-34-42,38-25-13-4-14-26-38,39-27-15-5-16-28-39)40-29-17-6-18-30-40/h1-30,41-42H,31-34H2. The summed E-state index contributed by atoms with van der Waals surface area (Å²) in [6.45, 7) is -8.18. The van der Waals surface area contributed by atoms with Crippen molar-refractivity contribution in [3.63, 3.8) is 0 Å². The molecule has 2 aliphatic rings. The van der Waals surface area contributed by atoms with Gasteiger partial charge in [-0.2, -0.15) is 0 Å². The van der Waals surface area contributed by atoms with Gasteiger partial charge in [0, 0.05) is 0 Å². The second-order valence-corrected chi connectivity index (χ2v) is 22.8. The molecule has 0 amide bonds. The first-order valence-electron chi connectivity index (χ1n) is 17.4. The van der Waals surface area contributed by atoms with Crippen LogP contribution in [0.25, 0.3) is 0 Å². The molecule has 250 valence electrons. The number of rotatable bonds is 10. The van der Waals surface area contributed by atoms with Crippen molar-refractivity contribution < 1.29 is 18.6 Å². The van der Waals surface area contributed by atoms with Crippen molar-refractivity contribution in [3.05, 3.63) is 182 Å². The van der Waals surface area contributed by atoms with E-state index >= 15 is 9.59 Å². The van der Waals surface area contributed by atoms with Gasteiger partial charge in [-0.3, -0.25) is 0 Å². The maximum absolute atomic E-state index is 15.1. The summed E-state index contributed by atoms with van der Waals surface area (Å²) >= 11 is 0. The van der Waals surface area contributed by atoms with Crippen molar-refractivity contribution in [1.82, 2.24) is 0 Å². The Morgan fingerprint density at radius 1 is 0.340 bits per heavy atom. The zero-order valence-electron chi connectivity index (χ0n) is 27.8. The van der Waals surface area contributed by atoms with E-state index in [9.17, 15) is 0 Å². The number of hydrogen-bond donors (Lipinski definition) is 0. The van der Waals surface area contributed by atoms with Crippen molar-refractivity contribution in [2.45, 2.75) is 37.0 Å². The van der Waals surface area contributed by atoms with Gasteiger partial charge in [0.1, 0.15) is 0 Å². The molecule has 0 heterocycles. The predicted molar refractivity (Wildman–Crippen MR) is 209 cm³/mol. The van der Waals surface area contributed by atoms with Gasteiger partial charge in [-0.25, -0.2) is 0 Å². The molecule has 0 saturated heterocycles. The minimum atomic E-state index is -4.09. The molecular weight excluding hydrogens is 654 g/mol. The summed E-state index contributed by atoms with van der Waals surface area (Å²) in [5, 5.41) is 5.55. The molecule has 4 nitrogen and oxygen atoms in total. The van der Waals surface area contributed by atoms with E-state index in [0.29, 0.717) is 0 Å². The van der Waals surface area contributed by atoms with Crippen molar-refractivity contribution in [2.24, 2.45) is 0 Å². The van der Waals surface area contributed by atoms with E-state index in [4.69, 9.17) is 9.05 Å². The van der Waals surface area contributed by atoms with E-state index in [1.54, 1.807) is 0 Å². The molecular formula is C44H40O4P2. The van der Waals surface area contributed by atoms with Crippen LogP contribution in [0.5, 0.6) is 0 Å². The predicted octanol–water partition coefficient (Wildman–Crippen LogP) is 7.29. The molecule has 2 aliphatic carbocycles. The Balaban J connectivity index is 1.37. The zero-order chi connectivity index (χ0) is 34.1. The summed E-state index contributed by atoms with van der Waals surface area (Å²) in [5.74, 6) is -1.91. The number of carbonyl (C=O) groups excluding carboxylic acids is 2. The molecule has 6 aromatic carbocycles. The summed E-state index contributed by atoms with van der Waals surface area (Å²) in [5.41, 5.74) is 0.0296. The molecule has 0 radical (unpaired) electrons. The van der Waals surface area contributed by atoms with Crippen molar-refractivity contribution in [1.29, 1.82) is 0 Å². The van der Waals surface area contributed by atoms with Crippen LogP contribution in [0.3, 0.4) is 0 Å². The molecule has 0 unspecified atom stereocenters. The van der Waals surface area contributed by atoms with Crippen LogP contribution in [-0.2, 0) is 18.6 Å². The van der Waals surface area contributed by atoms with E-state index in [2.05, 4.69) is 72.8 Å². The molecule has 0 aromatic heterocycles. The van der Waals surface area contributed by atoms with Crippen LogP contribution >= 0.6 is 13.7 Å². The summed E-state index contributed by atoms with van der Waals surface area (Å²) < 4.78 is 14.4. The van der Waals surface area contributed by atoms with Crippen LogP contribution in [-0.4, -0.2) is 23.3 Å². The van der Waals surface area contributed by atoms with Crippen LogP contribution in [0.1, 0.15) is 25.7 Å². The van der Waals surface area contributed by atoms with E-state index in [0.717, 1.165) is 57.5 Å². The second kappa shape index (κ2) is 12.5. The fourth-order valence-corrected chi connectivity index (χ4v) is 21.5. The fraction of sp³-hybridized carbons (Fsp3) is 0.136. The van der Waals surface area contributed by atoms with Gasteiger partial charge in [0.2, 0.25) is 0 Å². The molecule has 2 saturated carbocycles. The van der Waals surface area contributed by atoms with Gasteiger partial charge in [0.15, 0.2) is 0 Å².